The summed E-state index contributed by atoms with van der Waals surface area (Å²) in [6.45, 7) is 7.94. The van der Waals surface area contributed by atoms with Crippen molar-refractivity contribution in [2.75, 3.05) is 32.1 Å². The molecule has 0 bridgehead atoms. The molecule has 0 spiro atoms. The first-order valence-electron chi connectivity index (χ1n) is 6.62. The second-order valence-corrected chi connectivity index (χ2v) is 5.46. The van der Waals surface area contributed by atoms with Crippen LogP contribution in [0.25, 0.3) is 0 Å². The minimum Gasteiger partial charge on any atom is -0.378 e. The number of rotatable bonds is 9. The van der Waals surface area contributed by atoms with E-state index in [1.165, 1.54) is 4.88 Å². The monoisotopic (exact) mass is 271 g/mol. The van der Waals surface area contributed by atoms with Gasteiger partial charge in [-0.3, -0.25) is 0 Å². The van der Waals surface area contributed by atoms with Crippen LogP contribution in [-0.2, 0) is 17.9 Å². The average Bonchev–Trinajstić information content (AvgIpc) is 2.74. The summed E-state index contributed by atoms with van der Waals surface area (Å²) in [5.74, 6) is 0. The fourth-order valence-electron chi connectivity index (χ4n) is 1.73. The molecule has 0 aliphatic heterocycles. The Morgan fingerprint density at radius 2 is 2.11 bits per heavy atom. The Bertz CT molecular complexity index is 341. The van der Waals surface area contributed by atoms with Gasteiger partial charge in [0.05, 0.1) is 12.3 Å². The van der Waals surface area contributed by atoms with E-state index >= 15 is 0 Å². The van der Waals surface area contributed by atoms with Crippen molar-refractivity contribution in [1.29, 1.82) is 0 Å². The van der Waals surface area contributed by atoms with E-state index in [2.05, 4.69) is 36.1 Å². The first kappa shape index (κ1) is 15.4. The smallest absolute Gasteiger partial charge is 0.185 e. The third kappa shape index (κ3) is 4.55. The molecule has 1 aromatic rings. The van der Waals surface area contributed by atoms with Gasteiger partial charge in [0.25, 0.3) is 0 Å². The van der Waals surface area contributed by atoms with Gasteiger partial charge in [-0.05, 0) is 19.4 Å². The summed E-state index contributed by atoms with van der Waals surface area (Å²) in [4.78, 5) is 8.19. The highest BCUT2D eigenvalue weighted by atomic mass is 32.1. The average molecular weight is 271 g/mol. The zero-order valence-corrected chi connectivity index (χ0v) is 12.8. The molecule has 1 N–H and O–H groups in total. The van der Waals surface area contributed by atoms with Gasteiger partial charge in [0, 0.05) is 32.1 Å². The van der Waals surface area contributed by atoms with Crippen molar-refractivity contribution in [2.45, 2.75) is 39.8 Å². The first-order valence-corrected chi connectivity index (χ1v) is 7.43. The highest BCUT2D eigenvalue weighted by Gasteiger charge is 2.13. The molecular formula is C13H25N3OS. The van der Waals surface area contributed by atoms with Crippen LogP contribution in [0.4, 0.5) is 5.13 Å². The number of ether oxygens (including phenoxy) is 1. The fourth-order valence-corrected chi connectivity index (χ4v) is 2.75. The molecule has 0 aliphatic rings. The van der Waals surface area contributed by atoms with Crippen molar-refractivity contribution < 1.29 is 4.74 Å². The number of hydrogen-bond acceptors (Lipinski definition) is 5. The number of aromatic nitrogens is 1. The minimum atomic E-state index is 0.597. The molecule has 0 atom stereocenters. The maximum Gasteiger partial charge on any atom is 0.185 e. The molecule has 1 rings (SSSR count). The van der Waals surface area contributed by atoms with Gasteiger partial charge in [0.2, 0.25) is 0 Å². The highest BCUT2D eigenvalue weighted by molar-refractivity contribution is 7.15. The number of nitrogens with one attached hydrogen (secondary N) is 1. The molecule has 0 radical (unpaired) electrons. The van der Waals surface area contributed by atoms with Crippen LogP contribution in [0.2, 0.25) is 0 Å². The summed E-state index contributed by atoms with van der Waals surface area (Å²) in [5.41, 5.74) is 1.07. The topological polar surface area (TPSA) is 37.4 Å². The van der Waals surface area contributed by atoms with Crippen LogP contribution in [0.5, 0.6) is 0 Å². The molecular weight excluding hydrogens is 246 g/mol. The first-order chi connectivity index (χ1) is 8.72. The van der Waals surface area contributed by atoms with Crippen molar-refractivity contribution in [2.24, 2.45) is 0 Å². The maximum absolute atomic E-state index is 5.23. The van der Waals surface area contributed by atoms with Gasteiger partial charge < -0.3 is 15.0 Å². The predicted molar refractivity (Wildman–Crippen MR) is 78.4 cm³/mol. The second-order valence-electron chi connectivity index (χ2n) is 4.40. The summed E-state index contributed by atoms with van der Waals surface area (Å²) in [6, 6.07) is 0. The van der Waals surface area contributed by atoms with E-state index in [-0.39, 0.29) is 0 Å². The zero-order chi connectivity index (χ0) is 13.4. The third-order valence-corrected chi connectivity index (χ3v) is 3.86. The van der Waals surface area contributed by atoms with Gasteiger partial charge in [-0.25, -0.2) is 4.98 Å². The normalized spacial score (nSPS) is 10.9. The molecule has 18 heavy (non-hydrogen) atoms. The van der Waals surface area contributed by atoms with Crippen molar-refractivity contribution in [3.8, 4) is 0 Å². The summed E-state index contributed by atoms with van der Waals surface area (Å²) >= 11 is 1.77. The number of anilines is 1. The number of methoxy groups -OCH3 is 1. The molecule has 4 nitrogen and oxygen atoms in total. The molecule has 0 unspecified atom stereocenters. The van der Waals surface area contributed by atoms with Crippen LogP contribution < -0.4 is 10.2 Å². The van der Waals surface area contributed by atoms with Gasteiger partial charge >= 0.3 is 0 Å². The Kier molecular flexibility index (Phi) is 7.23. The van der Waals surface area contributed by atoms with Crippen LogP contribution in [0, 0.1) is 0 Å². The Balaban J connectivity index is 2.72. The lowest BCUT2D eigenvalue weighted by atomic mass is 10.3. The lowest BCUT2D eigenvalue weighted by Crippen LogP contribution is -2.17. The molecule has 104 valence electrons. The Morgan fingerprint density at radius 1 is 1.33 bits per heavy atom. The van der Waals surface area contributed by atoms with Crippen LogP contribution >= 0.6 is 11.3 Å². The van der Waals surface area contributed by atoms with E-state index in [4.69, 9.17) is 4.74 Å². The Labute approximate surface area is 114 Å². The van der Waals surface area contributed by atoms with E-state index in [1.807, 2.05) is 0 Å². The quantitative estimate of drug-likeness (QED) is 0.701. The number of hydrogen-bond donors (Lipinski definition) is 1. The second kappa shape index (κ2) is 8.45. The molecule has 0 amide bonds. The highest BCUT2D eigenvalue weighted by Crippen LogP contribution is 2.26. The summed E-state index contributed by atoms with van der Waals surface area (Å²) < 4.78 is 5.23. The van der Waals surface area contributed by atoms with Crippen LogP contribution in [0.1, 0.15) is 37.3 Å². The predicted octanol–water partition coefficient (Wildman–Crippen LogP) is 2.64. The molecule has 5 heteroatoms. The van der Waals surface area contributed by atoms with E-state index in [9.17, 15) is 0 Å². The third-order valence-electron chi connectivity index (χ3n) is 2.65. The van der Waals surface area contributed by atoms with Gasteiger partial charge in [0.15, 0.2) is 5.13 Å². The number of nitrogens with zero attached hydrogens (tertiary/aromatic N) is 2. The van der Waals surface area contributed by atoms with Gasteiger partial charge in [0.1, 0.15) is 0 Å². The Hall–Kier alpha value is -0.650. The lowest BCUT2D eigenvalue weighted by Gasteiger charge is -2.13. The molecule has 0 saturated heterocycles. The van der Waals surface area contributed by atoms with Crippen molar-refractivity contribution in [1.82, 2.24) is 10.3 Å². The number of thiazole rings is 1. The van der Waals surface area contributed by atoms with E-state index in [1.54, 1.807) is 18.4 Å². The molecule has 1 heterocycles. The van der Waals surface area contributed by atoms with E-state index in [0.717, 1.165) is 43.3 Å². The van der Waals surface area contributed by atoms with Crippen LogP contribution in [0.15, 0.2) is 0 Å². The lowest BCUT2D eigenvalue weighted by molar-refractivity contribution is 0.181. The summed E-state index contributed by atoms with van der Waals surface area (Å²) in [6.07, 6.45) is 2.29. The molecule has 0 fully saturated rings. The summed E-state index contributed by atoms with van der Waals surface area (Å²) in [7, 11) is 3.82. The Morgan fingerprint density at radius 3 is 2.72 bits per heavy atom. The minimum absolute atomic E-state index is 0.597. The van der Waals surface area contributed by atoms with Gasteiger partial charge in [-0.2, -0.15) is 0 Å². The summed E-state index contributed by atoms with van der Waals surface area (Å²) in [5, 5.41) is 4.53. The zero-order valence-electron chi connectivity index (χ0n) is 12.0. The largest absolute Gasteiger partial charge is 0.378 e. The molecule has 0 saturated carbocycles. The van der Waals surface area contributed by atoms with Gasteiger partial charge in [-0.1, -0.05) is 13.8 Å². The SMILES string of the molecule is CCCNCc1sc(N(C)CCC)nc1COC. The van der Waals surface area contributed by atoms with E-state index < -0.39 is 0 Å². The maximum atomic E-state index is 5.23. The van der Waals surface area contributed by atoms with Crippen molar-refractivity contribution in [3.63, 3.8) is 0 Å². The van der Waals surface area contributed by atoms with E-state index in [0.29, 0.717) is 6.61 Å². The standard InChI is InChI=1S/C13H25N3OS/c1-5-7-14-9-12-11(10-17-4)15-13(18-12)16(3)8-6-2/h14H,5-10H2,1-4H3. The van der Waals surface area contributed by atoms with Crippen molar-refractivity contribution >= 4 is 16.5 Å². The molecule has 0 aromatic carbocycles. The fraction of sp³-hybridized carbons (Fsp3) is 0.769. The van der Waals surface area contributed by atoms with Crippen LogP contribution in [-0.4, -0.2) is 32.2 Å². The van der Waals surface area contributed by atoms with Gasteiger partial charge in [-0.15, -0.1) is 11.3 Å². The molecule has 1 aromatic heterocycles. The van der Waals surface area contributed by atoms with Crippen LogP contribution in [0.3, 0.4) is 0 Å². The van der Waals surface area contributed by atoms with Crippen molar-refractivity contribution in [3.05, 3.63) is 10.6 Å². The molecule has 0 aliphatic carbocycles.